The maximum Gasteiger partial charge on any atom is 0.414 e. The maximum absolute atomic E-state index is 12.7. The van der Waals surface area contributed by atoms with E-state index in [1.807, 2.05) is 0 Å². The summed E-state index contributed by atoms with van der Waals surface area (Å²) in [6, 6.07) is 5.27. The van der Waals surface area contributed by atoms with Crippen molar-refractivity contribution in [3.05, 3.63) is 40.9 Å². The van der Waals surface area contributed by atoms with Crippen molar-refractivity contribution < 1.29 is 19.1 Å². The fourth-order valence-corrected chi connectivity index (χ4v) is 3.56. The van der Waals surface area contributed by atoms with Crippen LogP contribution in [0, 0.1) is 0 Å². The molecule has 0 bridgehead atoms. The van der Waals surface area contributed by atoms with Gasteiger partial charge in [-0.1, -0.05) is 17.7 Å². The minimum atomic E-state index is -0.964. The number of methoxy groups -OCH3 is 1. The number of imidazole rings is 1. The number of carbonyl (C=O) groups is 2. The summed E-state index contributed by atoms with van der Waals surface area (Å²) in [7, 11) is 1.30. The second kappa shape index (κ2) is 6.27. The number of rotatable bonds is 1. The van der Waals surface area contributed by atoms with Gasteiger partial charge >= 0.3 is 12.1 Å². The van der Waals surface area contributed by atoms with Gasteiger partial charge in [0.05, 0.1) is 34.7 Å². The van der Waals surface area contributed by atoms with Crippen LogP contribution in [-0.2, 0) is 15.0 Å². The summed E-state index contributed by atoms with van der Waals surface area (Å²) in [5, 5.41) is 0.393. The molecule has 0 aliphatic carbocycles. The average Bonchev–Trinajstić information content (AvgIpc) is 3.00. The normalized spacial score (nSPS) is 15.0. The molecule has 1 amide bonds. The van der Waals surface area contributed by atoms with Crippen molar-refractivity contribution in [1.29, 1.82) is 0 Å². The number of para-hydroxylation sites is 1. The first kappa shape index (κ1) is 19.2. The number of carbonyl (C=O) groups excluding carboxylic acids is 2. The number of benzene rings is 1. The van der Waals surface area contributed by atoms with Gasteiger partial charge in [0, 0.05) is 0 Å². The number of hydrogen-bond acceptors (Lipinski definition) is 5. The Bertz CT molecular complexity index is 928. The van der Waals surface area contributed by atoms with Crippen LogP contribution in [0.5, 0.6) is 0 Å². The largest absolute Gasteiger partial charge is 0.455 e. The van der Waals surface area contributed by atoms with Gasteiger partial charge < -0.3 is 9.47 Å². The fraction of sp³-hybridized carbons (Fsp3) is 0.421. The lowest BCUT2D eigenvalue weighted by atomic mass is 9.92. The number of anilines is 1. The first-order valence-corrected chi connectivity index (χ1v) is 8.85. The van der Waals surface area contributed by atoms with E-state index in [2.05, 4.69) is 4.98 Å². The maximum atomic E-state index is 12.7. The zero-order valence-corrected chi connectivity index (χ0v) is 16.9. The van der Waals surface area contributed by atoms with Crippen LogP contribution in [0.2, 0.25) is 5.02 Å². The molecule has 0 radical (unpaired) electrons. The molecule has 1 aliphatic heterocycles. The molecule has 27 heavy (non-hydrogen) atoms. The third kappa shape index (κ3) is 3.06. The second-order valence-corrected chi connectivity index (χ2v) is 8.19. The van der Waals surface area contributed by atoms with Gasteiger partial charge in [-0.3, -0.25) is 9.47 Å². The number of halogens is 1. The van der Waals surface area contributed by atoms with E-state index in [1.165, 1.54) is 12.0 Å². The number of aromatic nitrogens is 2. The summed E-state index contributed by atoms with van der Waals surface area (Å²) in [6.07, 6.45) is 0.956. The van der Waals surface area contributed by atoms with Crippen LogP contribution in [0.4, 0.5) is 10.5 Å². The average molecular weight is 392 g/mol. The second-order valence-electron chi connectivity index (χ2n) is 7.79. The van der Waals surface area contributed by atoms with Crippen LogP contribution in [0.25, 0.3) is 5.69 Å². The third-order valence-electron chi connectivity index (χ3n) is 4.30. The molecule has 0 saturated carbocycles. The molecule has 0 fully saturated rings. The van der Waals surface area contributed by atoms with Gasteiger partial charge in [-0.2, -0.15) is 0 Å². The van der Waals surface area contributed by atoms with E-state index >= 15 is 0 Å². The molecular weight excluding hydrogens is 370 g/mol. The number of esters is 1. The topological polar surface area (TPSA) is 73.7 Å². The van der Waals surface area contributed by atoms with Crippen LogP contribution in [0.3, 0.4) is 0 Å². The number of amides is 1. The molecule has 0 N–H and O–H groups in total. The summed E-state index contributed by atoms with van der Waals surface area (Å²) < 4.78 is 12.3. The van der Waals surface area contributed by atoms with E-state index in [9.17, 15) is 9.59 Å². The van der Waals surface area contributed by atoms with E-state index in [1.54, 1.807) is 63.7 Å². The van der Waals surface area contributed by atoms with Crippen LogP contribution in [0.15, 0.2) is 24.5 Å². The molecule has 3 rings (SSSR count). The van der Waals surface area contributed by atoms with Crippen molar-refractivity contribution in [2.45, 2.75) is 45.8 Å². The van der Waals surface area contributed by atoms with E-state index < -0.39 is 23.2 Å². The fourth-order valence-electron chi connectivity index (χ4n) is 3.31. The zero-order chi connectivity index (χ0) is 20.1. The van der Waals surface area contributed by atoms with Crippen molar-refractivity contribution in [3.63, 3.8) is 0 Å². The first-order chi connectivity index (χ1) is 12.5. The van der Waals surface area contributed by atoms with E-state index in [4.69, 9.17) is 21.1 Å². The van der Waals surface area contributed by atoms with Crippen LogP contribution < -0.4 is 4.90 Å². The van der Waals surface area contributed by atoms with Gasteiger partial charge in [0.25, 0.3) is 0 Å². The van der Waals surface area contributed by atoms with Crippen molar-refractivity contribution in [2.75, 3.05) is 12.0 Å². The van der Waals surface area contributed by atoms with E-state index in [0.29, 0.717) is 22.1 Å². The molecule has 0 saturated heterocycles. The van der Waals surface area contributed by atoms with Crippen LogP contribution in [0.1, 0.15) is 50.8 Å². The Morgan fingerprint density at radius 3 is 2.48 bits per heavy atom. The highest BCUT2D eigenvalue weighted by molar-refractivity contribution is 6.34. The third-order valence-corrected chi connectivity index (χ3v) is 4.61. The SMILES string of the molecule is COC(=O)N1c2c(Cl)cccc2-n2cnc(C(=O)OC(C)(C)C)c2C1(C)C. The lowest BCUT2D eigenvalue weighted by Crippen LogP contribution is -2.50. The highest BCUT2D eigenvalue weighted by Gasteiger charge is 2.46. The van der Waals surface area contributed by atoms with Gasteiger partial charge in [0.1, 0.15) is 11.9 Å². The monoisotopic (exact) mass is 391 g/mol. The molecule has 144 valence electrons. The van der Waals surface area contributed by atoms with Gasteiger partial charge in [0.2, 0.25) is 0 Å². The van der Waals surface area contributed by atoms with Crippen LogP contribution >= 0.6 is 11.6 Å². The molecule has 7 nitrogen and oxygen atoms in total. The van der Waals surface area contributed by atoms with Gasteiger partial charge in [-0.15, -0.1) is 0 Å². The standard InChI is InChI=1S/C19H22ClN3O4/c1-18(2,3)27-16(24)13-15-19(4,5)23(17(25)26-6)14-11(20)8-7-9-12(14)22(15)10-21-13/h7-10H,1-6H3. The van der Waals surface area contributed by atoms with Crippen molar-refractivity contribution >= 4 is 29.4 Å². The highest BCUT2D eigenvalue weighted by atomic mass is 35.5. The van der Waals surface area contributed by atoms with Crippen molar-refractivity contribution in [1.82, 2.24) is 9.55 Å². The van der Waals surface area contributed by atoms with Crippen LogP contribution in [-0.4, -0.2) is 34.3 Å². The van der Waals surface area contributed by atoms with E-state index in [0.717, 1.165) is 0 Å². The zero-order valence-electron chi connectivity index (χ0n) is 16.2. The Hall–Kier alpha value is -2.54. The molecule has 0 spiro atoms. The van der Waals surface area contributed by atoms with Gasteiger partial charge in [-0.25, -0.2) is 14.6 Å². The number of nitrogens with zero attached hydrogens (tertiary/aromatic N) is 3. The molecule has 0 atom stereocenters. The Labute approximate surface area is 162 Å². The van der Waals surface area contributed by atoms with Gasteiger partial charge in [-0.05, 0) is 46.8 Å². The molecular formula is C19H22ClN3O4. The Morgan fingerprint density at radius 2 is 1.89 bits per heavy atom. The lowest BCUT2D eigenvalue weighted by Gasteiger charge is -2.43. The molecule has 2 heterocycles. The first-order valence-electron chi connectivity index (χ1n) is 8.47. The number of ether oxygens (including phenoxy) is 2. The molecule has 1 aliphatic rings. The molecule has 1 aromatic heterocycles. The van der Waals surface area contributed by atoms with Crippen molar-refractivity contribution in [3.8, 4) is 5.69 Å². The quantitative estimate of drug-likeness (QED) is 0.677. The highest BCUT2D eigenvalue weighted by Crippen LogP contribution is 2.47. The lowest BCUT2D eigenvalue weighted by molar-refractivity contribution is 0.00599. The summed E-state index contributed by atoms with van der Waals surface area (Å²) >= 11 is 6.41. The van der Waals surface area contributed by atoms with Gasteiger partial charge in [0.15, 0.2) is 5.69 Å². The predicted molar refractivity (Wildman–Crippen MR) is 102 cm³/mol. The molecule has 2 aromatic rings. The summed E-state index contributed by atoms with van der Waals surface area (Å²) in [5.41, 5.74) is 0.163. The van der Waals surface area contributed by atoms with E-state index in [-0.39, 0.29) is 5.69 Å². The number of hydrogen-bond donors (Lipinski definition) is 0. The molecule has 1 aromatic carbocycles. The summed E-state index contributed by atoms with van der Waals surface area (Å²) in [5.74, 6) is -0.556. The Morgan fingerprint density at radius 1 is 1.22 bits per heavy atom. The Balaban J connectivity index is 2.28. The van der Waals surface area contributed by atoms with Crippen molar-refractivity contribution in [2.24, 2.45) is 0 Å². The summed E-state index contributed by atoms with van der Waals surface area (Å²) in [4.78, 5) is 31.1. The minimum Gasteiger partial charge on any atom is -0.455 e. The smallest absolute Gasteiger partial charge is 0.414 e. The predicted octanol–water partition coefficient (Wildman–Crippen LogP) is 4.30. The number of fused-ring (bicyclic) bond motifs is 3. The Kier molecular flexibility index (Phi) is 4.46. The molecule has 0 unspecified atom stereocenters. The summed E-state index contributed by atoms with van der Waals surface area (Å²) in [6.45, 7) is 8.96. The molecule has 8 heteroatoms. The minimum absolute atomic E-state index is 0.148.